The van der Waals surface area contributed by atoms with Crippen LogP contribution >= 0.6 is 0 Å². The number of aryl methyl sites for hydroxylation is 2. The van der Waals surface area contributed by atoms with E-state index in [1.165, 1.54) is 37.7 Å². The van der Waals surface area contributed by atoms with Crippen molar-refractivity contribution in [3.8, 4) is 0 Å². The lowest BCUT2D eigenvalue weighted by molar-refractivity contribution is 0.483. The summed E-state index contributed by atoms with van der Waals surface area (Å²) in [6, 6.07) is 9.54. The monoisotopic (exact) mass is 376 g/mol. The molecule has 0 spiro atoms. The highest BCUT2D eigenvalue weighted by atomic mass is 32.2. The molecule has 1 N–H and O–H groups in total. The Morgan fingerprint density at radius 1 is 0.769 bits per heavy atom. The van der Waals surface area contributed by atoms with Crippen molar-refractivity contribution >= 4 is 20.9 Å². The van der Waals surface area contributed by atoms with Crippen LogP contribution in [0.3, 0.4) is 0 Å². The maximum atomic E-state index is 11.8. The molecule has 0 saturated heterocycles. The minimum atomic E-state index is -4.20. The van der Waals surface area contributed by atoms with Crippen LogP contribution in [0.15, 0.2) is 35.2 Å². The van der Waals surface area contributed by atoms with E-state index < -0.39 is 10.1 Å². The molecule has 2 aromatic rings. The summed E-state index contributed by atoms with van der Waals surface area (Å²) >= 11 is 0. The second-order valence-corrected chi connectivity index (χ2v) is 8.61. The van der Waals surface area contributed by atoms with Crippen LogP contribution in [0.4, 0.5) is 0 Å². The van der Waals surface area contributed by atoms with Crippen LogP contribution in [-0.4, -0.2) is 13.0 Å². The summed E-state index contributed by atoms with van der Waals surface area (Å²) in [5.74, 6) is 0. The van der Waals surface area contributed by atoms with Crippen molar-refractivity contribution in [1.82, 2.24) is 0 Å². The molecule has 0 bridgehead atoms. The van der Waals surface area contributed by atoms with Crippen LogP contribution in [0.25, 0.3) is 10.8 Å². The maximum Gasteiger partial charge on any atom is 0.294 e. The topological polar surface area (TPSA) is 54.4 Å². The van der Waals surface area contributed by atoms with Gasteiger partial charge < -0.3 is 0 Å². The number of unbranched alkanes of at least 4 members (excludes halogenated alkanes) is 6. The zero-order valence-electron chi connectivity index (χ0n) is 16.1. The van der Waals surface area contributed by atoms with E-state index in [9.17, 15) is 13.0 Å². The van der Waals surface area contributed by atoms with Crippen molar-refractivity contribution in [2.75, 3.05) is 0 Å². The molecular weight excluding hydrogens is 344 g/mol. The smallest absolute Gasteiger partial charge is 0.282 e. The van der Waals surface area contributed by atoms with Crippen LogP contribution in [-0.2, 0) is 23.0 Å². The van der Waals surface area contributed by atoms with Gasteiger partial charge in [0.15, 0.2) is 0 Å². The maximum absolute atomic E-state index is 11.8. The van der Waals surface area contributed by atoms with Crippen LogP contribution in [0.1, 0.15) is 76.3 Å². The third-order valence-electron chi connectivity index (χ3n) is 5.04. The van der Waals surface area contributed by atoms with E-state index in [4.69, 9.17) is 0 Å². The third kappa shape index (κ3) is 5.82. The Morgan fingerprint density at radius 3 is 1.96 bits per heavy atom. The molecule has 2 aromatic carbocycles. The minimum Gasteiger partial charge on any atom is -0.282 e. The van der Waals surface area contributed by atoms with Crippen LogP contribution in [0.2, 0.25) is 0 Å². The predicted molar refractivity (Wildman–Crippen MR) is 109 cm³/mol. The first-order chi connectivity index (χ1) is 12.5. The highest BCUT2D eigenvalue weighted by Gasteiger charge is 2.15. The van der Waals surface area contributed by atoms with Gasteiger partial charge in [0.25, 0.3) is 10.1 Å². The number of fused-ring (bicyclic) bond motifs is 1. The Balaban J connectivity index is 2.38. The SMILES string of the molecule is CCCCCCc1cc(S(=O)(=O)O)cc2c(CCCCCC)cccc12. The van der Waals surface area contributed by atoms with E-state index in [2.05, 4.69) is 32.0 Å². The molecule has 0 aliphatic heterocycles. The minimum absolute atomic E-state index is 0.0245. The van der Waals surface area contributed by atoms with E-state index in [0.717, 1.165) is 48.4 Å². The fraction of sp³-hybridized carbons (Fsp3) is 0.545. The van der Waals surface area contributed by atoms with Gasteiger partial charge in [-0.1, -0.05) is 70.6 Å². The molecule has 0 aromatic heterocycles. The van der Waals surface area contributed by atoms with Gasteiger partial charge in [0, 0.05) is 0 Å². The number of hydrogen-bond acceptors (Lipinski definition) is 2. The van der Waals surface area contributed by atoms with Crippen LogP contribution < -0.4 is 0 Å². The standard InChI is InChI=1S/C22H32O3S/c1-3-5-7-9-12-18-14-11-15-21-19(13-10-8-6-4-2)16-20(17-22(18)21)26(23,24)25/h11,14-17H,3-10,12-13H2,1-2H3,(H,23,24,25). The summed E-state index contributed by atoms with van der Waals surface area (Å²) in [5, 5.41) is 2.10. The van der Waals surface area contributed by atoms with Gasteiger partial charge in [-0.15, -0.1) is 0 Å². The molecule has 144 valence electrons. The summed E-state index contributed by atoms with van der Waals surface area (Å²) in [6.07, 6.45) is 11.1. The molecule has 0 unspecified atom stereocenters. The van der Waals surface area contributed by atoms with E-state index in [1.54, 1.807) is 12.1 Å². The average Bonchev–Trinajstić information content (AvgIpc) is 2.61. The first-order valence-electron chi connectivity index (χ1n) is 9.99. The summed E-state index contributed by atoms with van der Waals surface area (Å²) < 4.78 is 33.1. The molecule has 0 aliphatic carbocycles. The Labute approximate surface area is 158 Å². The van der Waals surface area contributed by atoms with Crippen molar-refractivity contribution in [1.29, 1.82) is 0 Å². The third-order valence-corrected chi connectivity index (χ3v) is 5.87. The molecule has 2 rings (SSSR count). The Kier molecular flexibility index (Phi) is 8.11. The second-order valence-electron chi connectivity index (χ2n) is 7.19. The number of rotatable bonds is 11. The summed E-state index contributed by atoms with van der Waals surface area (Å²) in [7, 11) is -4.20. The lowest BCUT2D eigenvalue weighted by atomic mass is 9.94. The molecule has 0 amide bonds. The molecule has 0 heterocycles. The van der Waals surface area contributed by atoms with E-state index in [-0.39, 0.29) is 4.90 Å². The van der Waals surface area contributed by atoms with Gasteiger partial charge in [0.1, 0.15) is 0 Å². The number of hydrogen-bond donors (Lipinski definition) is 1. The summed E-state index contributed by atoms with van der Waals surface area (Å²) in [5.41, 5.74) is 2.21. The Bertz CT molecular complexity index is 809. The Hall–Kier alpha value is -1.39. The van der Waals surface area contributed by atoms with Crippen molar-refractivity contribution in [3.63, 3.8) is 0 Å². The van der Waals surface area contributed by atoms with Gasteiger partial charge in [-0.05, 0) is 59.7 Å². The van der Waals surface area contributed by atoms with Crippen molar-refractivity contribution in [3.05, 3.63) is 41.5 Å². The lowest BCUT2D eigenvalue weighted by Gasteiger charge is -2.13. The van der Waals surface area contributed by atoms with Gasteiger partial charge in [0.2, 0.25) is 0 Å². The molecule has 0 atom stereocenters. The van der Waals surface area contributed by atoms with Crippen molar-refractivity contribution < 1.29 is 13.0 Å². The van der Waals surface area contributed by atoms with Crippen molar-refractivity contribution in [2.24, 2.45) is 0 Å². The molecule has 26 heavy (non-hydrogen) atoms. The summed E-state index contributed by atoms with van der Waals surface area (Å²) in [6.45, 7) is 4.38. The molecular formula is C22H32O3S. The first-order valence-corrected chi connectivity index (χ1v) is 11.4. The average molecular weight is 377 g/mol. The lowest BCUT2D eigenvalue weighted by Crippen LogP contribution is -2.01. The molecule has 3 nitrogen and oxygen atoms in total. The fourth-order valence-corrected chi connectivity index (χ4v) is 4.11. The van der Waals surface area contributed by atoms with Crippen LogP contribution in [0.5, 0.6) is 0 Å². The van der Waals surface area contributed by atoms with E-state index in [1.807, 2.05) is 0 Å². The predicted octanol–water partition coefficient (Wildman–Crippen LogP) is 6.33. The molecule has 4 heteroatoms. The van der Waals surface area contributed by atoms with Crippen LogP contribution in [0, 0.1) is 0 Å². The fourth-order valence-electron chi connectivity index (χ4n) is 3.56. The van der Waals surface area contributed by atoms with E-state index in [0.29, 0.717) is 0 Å². The van der Waals surface area contributed by atoms with Gasteiger partial charge in [0.05, 0.1) is 4.90 Å². The zero-order valence-corrected chi connectivity index (χ0v) is 16.9. The quantitative estimate of drug-likeness (QED) is 0.368. The van der Waals surface area contributed by atoms with Gasteiger partial charge in [-0.25, -0.2) is 0 Å². The van der Waals surface area contributed by atoms with Gasteiger partial charge in [-0.2, -0.15) is 8.42 Å². The largest absolute Gasteiger partial charge is 0.294 e. The number of benzene rings is 2. The Morgan fingerprint density at radius 2 is 1.38 bits per heavy atom. The molecule has 0 radical (unpaired) electrons. The highest BCUT2D eigenvalue weighted by molar-refractivity contribution is 7.85. The molecule has 0 aliphatic rings. The van der Waals surface area contributed by atoms with Gasteiger partial charge >= 0.3 is 0 Å². The first kappa shape index (κ1) is 20.9. The second kappa shape index (κ2) is 10.1. The van der Waals surface area contributed by atoms with Gasteiger partial charge in [-0.3, -0.25) is 4.55 Å². The molecule has 0 fully saturated rings. The summed E-state index contributed by atoms with van der Waals surface area (Å²) in [4.78, 5) is 0.0245. The zero-order chi connectivity index (χ0) is 19.0. The van der Waals surface area contributed by atoms with Crippen molar-refractivity contribution in [2.45, 2.75) is 83.0 Å². The molecule has 0 saturated carbocycles. The van der Waals surface area contributed by atoms with E-state index >= 15 is 0 Å². The highest BCUT2D eigenvalue weighted by Crippen LogP contribution is 2.29. The normalized spacial score (nSPS) is 12.0.